The first kappa shape index (κ1) is 26.0. The molecule has 2 aromatic rings. The Hall–Kier alpha value is -3.22. The Bertz CT molecular complexity index is 819. The summed E-state index contributed by atoms with van der Waals surface area (Å²) in [6.07, 6.45) is 0.579. The lowest BCUT2D eigenvalue weighted by molar-refractivity contribution is 0.0517. The molecule has 0 aliphatic heterocycles. The van der Waals surface area contributed by atoms with Crippen molar-refractivity contribution in [2.24, 2.45) is 0 Å². The SMILES string of the molecule is CC(C)(C)OC(=O)NCCc1ccc(Oc2ccc(CCNC(=O)OC(C)(C)C)cc2)cc1. The molecule has 0 aliphatic rings. The van der Waals surface area contributed by atoms with Crippen molar-refractivity contribution in [1.82, 2.24) is 10.6 Å². The molecule has 0 saturated heterocycles. The first-order valence-electron chi connectivity index (χ1n) is 11.2. The van der Waals surface area contributed by atoms with Crippen molar-refractivity contribution in [1.29, 1.82) is 0 Å². The fraction of sp³-hybridized carbons (Fsp3) is 0.462. The van der Waals surface area contributed by atoms with Crippen molar-refractivity contribution in [2.75, 3.05) is 13.1 Å². The second-order valence-corrected chi connectivity index (χ2v) is 9.75. The fourth-order valence-corrected chi connectivity index (χ4v) is 2.83. The first-order chi connectivity index (χ1) is 15.4. The Morgan fingerprint density at radius 1 is 0.636 bits per heavy atom. The monoisotopic (exact) mass is 456 g/mol. The van der Waals surface area contributed by atoms with Gasteiger partial charge in [0.05, 0.1) is 0 Å². The minimum absolute atomic E-state index is 0.411. The molecule has 0 atom stereocenters. The summed E-state index contributed by atoms with van der Waals surface area (Å²) in [4.78, 5) is 23.4. The van der Waals surface area contributed by atoms with Crippen molar-refractivity contribution in [3.63, 3.8) is 0 Å². The molecule has 2 aromatic carbocycles. The zero-order valence-electron chi connectivity index (χ0n) is 20.5. The summed E-state index contributed by atoms with van der Waals surface area (Å²) in [6, 6.07) is 15.5. The van der Waals surface area contributed by atoms with E-state index in [4.69, 9.17) is 14.2 Å². The van der Waals surface area contributed by atoms with Gasteiger partial charge in [0, 0.05) is 13.1 Å². The minimum Gasteiger partial charge on any atom is -0.457 e. The van der Waals surface area contributed by atoms with Gasteiger partial charge in [-0.2, -0.15) is 0 Å². The van der Waals surface area contributed by atoms with Crippen molar-refractivity contribution in [2.45, 2.75) is 65.6 Å². The summed E-state index contributed by atoms with van der Waals surface area (Å²) in [5.41, 5.74) is 1.17. The average molecular weight is 457 g/mol. The van der Waals surface area contributed by atoms with Gasteiger partial charge >= 0.3 is 12.2 Å². The molecule has 0 fully saturated rings. The third-order valence-electron chi connectivity index (χ3n) is 4.25. The number of rotatable bonds is 8. The quantitative estimate of drug-likeness (QED) is 0.539. The Balaban J connectivity index is 1.74. The van der Waals surface area contributed by atoms with Crippen molar-refractivity contribution >= 4 is 12.2 Å². The van der Waals surface area contributed by atoms with E-state index in [2.05, 4.69) is 10.6 Å². The molecule has 0 saturated carbocycles. The maximum absolute atomic E-state index is 11.7. The maximum Gasteiger partial charge on any atom is 0.407 e. The van der Waals surface area contributed by atoms with Crippen LogP contribution in [0.4, 0.5) is 9.59 Å². The fourth-order valence-electron chi connectivity index (χ4n) is 2.83. The molecule has 180 valence electrons. The van der Waals surface area contributed by atoms with Crippen LogP contribution in [0.5, 0.6) is 11.5 Å². The third kappa shape index (κ3) is 11.3. The first-order valence-corrected chi connectivity index (χ1v) is 11.2. The molecule has 0 unspecified atom stereocenters. The number of carbonyl (C=O) groups excluding carboxylic acids is 2. The summed E-state index contributed by atoms with van der Waals surface area (Å²) in [6.45, 7) is 12.0. The van der Waals surface area contributed by atoms with Crippen LogP contribution in [0.3, 0.4) is 0 Å². The smallest absolute Gasteiger partial charge is 0.407 e. The van der Waals surface area contributed by atoms with Gasteiger partial charge in [-0.25, -0.2) is 9.59 Å². The van der Waals surface area contributed by atoms with Gasteiger partial charge in [-0.05, 0) is 89.8 Å². The number of alkyl carbamates (subject to hydrolysis) is 2. The van der Waals surface area contributed by atoms with Gasteiger partial charge in [0.2, 0.25) is 0 Å². The Morgan fingerprint density at radius 2 is 0.970 bits per heavy atom. The maximum atomic E-state index is 11.7. The highest BCUT2D eigenvalue weighted by molar-refractivity contribution is 5.68. The number of hydrogen-bond acceptors (Lipinski definition) is 5. The van der Waals surface area contributed by atoms with Crippen LogP contribution in [0.1, 0.15) is 52.7 Å². The lowest BCUT2D eigenvalue weighted by Crippen LogP contribution is -2.33. The van der Waals surface area contributed by atoms with Crippen LogP contribution in [0.2, 0.25) is 0 Å². The van der Waals surface area contributed by atoms with E-state index < -0.39 is 23.4 Å². The molecule has 0 aliphatic carbocycles. The van der Waals surface area contributed by atoms with Crippen LogP contribution in [-0.2, 0) is 22.3 Å². The summed E-state index contributed by atoms with van der Waals surface area (Å²) < 4.78 is 16.4. The standard InChI is InChI=1S/C26H36N2O5/c1-25(2,3)32-23(29)27-17-15-19-7-11-21(12-8-19)31-22-13-9-20(10-14-22)16-18-28-24(30)33-26(4,5)6/h7-14H,15-18H2,1-6H3,(H,27,29)(H,28,30). The number of ether oxygens (including phenoxy) is 3. The van der Waals surface area contributed by atoms with E-state index in [9.17, 15) is 9.59 Å². The second kappa shape index (κ2) is 11.6. The van der Waals surface area contributed by atoms with Crippen LogP contribution >= 0.6 is 0 Å². The summed E-state index contributed by atoms with van der Waals surface area (Å²) in [5.74, 6) is 1.47. The largest absolute Gasteiger partial charge is 0.457 e. The van der Waals surface area contributed by atoms with Gasteiger partial charge in [0.1, 0.15) is 22.7 Å². The average Bonchev–Trinajstić information content (AvgIpc) is 2.68. The predicted octanol–water partition coefficient (Wildman–Crippen LogP) is 5.61. The van der Waals surface area contributed by atoms with E-state index >= 15 is 0 Å². The lowest BCUT2D eigenvalue weighted by Gasteiger charge is -2.19. The molecule has 2 rings (SSSR count). The highest BCUT2D eigenvalue weighted by Crippen LogP contribution is 2.22. The number of amides is 2. The van der Waals surface area contributed by atoms with Gasteiger partial charge in [-0.15, -0.1) is 0 Å². The molecule has 0 radical (unpaired) electrons. The molecular weight excluding hydrogens is 420 g/mol. The van der Waals surface area contributed by atoms with Crippen molar-refractivity contribution in [3.05, 3.63) is 59.7 Å². The third-order valence-corrected chi connectivity index (χ3v) is 4.25. The highest BCUT2D eigenvalue weighted by atomic mass is 16.6. The van der Waals surface area contributed by atoms with Crippen LogP contribution in [0.15, 0.2) is 48.5 Å². The highest BCUT2D eigenvalue weighted by Gasteiger charge is 2.16. The number of benzene rings is 2. The van der Waals surface area contributed by atoms with Gasteiger partial charge in [0.25, 0.3) is 0 Å². The predicted molar refractivity (Wildman–Crippen MR) is 129 cm³/mol. The second-order valence-electron chi connectivity index (χ2n) is 9.75. The molecule has 7 heteroatoms. The minimum atomic E-state index is -0.502. The van der Waals surface area contributed by atoms with E-state index in [1.54, 1.807) is 0 Å². The number of hydrogen-bond donors (Lipinski definition) is 2. The molecule has 2 N–H and O–H groups in total. The molecule has 0 bridgehead atoms. The number of nitrogens with one attached hydrogen (secondary N) is 2. The summed E-state index contributed by atoms with van der Waals surface area (Å²) in [7, 11) is 0. The van der Waals surface area contributed by atoms with Crippen LogP contribution in [0.25, 0.3) is 0 Å². The van der Waals surface area contributed by atoms with Crippen LogP contribution in [0, 0.1) is 0 Å². The van der Waals surface area contributed by atoms with Crippen LogP contribution in [-0.4, -0.2) is 36.5 Å². The van der Waals surface area contributed by atoms with E-state index in [1.807, 2.05) is 90.1 Å². The topological polar surface area (TPSA) is 85.9 Å². The molecule has 33 heavy (non-hydrogen) atoms. The molecule has 0 heterocycles. The lowest BCUT2D eigenvalue weighted by atomic mass is 10.1. The van der Waals surface area contributed by atoms with Gasteiger partial charge < -0.3 is 24.8 Å². The Kier molecular flexibility index (Phi) is 9.14. The summed E-state index contributed by atoms with van der Waals surface area (Å²) >= 11 is 0. The van der Waals surface area contributed by atoms with Crippen LogP contribution < -0.4 is 15.4 Å². The zero-order chi connectivity index (χ0) is 24.5. The van der Waals surface area contributed by atoms with E-state index in [1.165, 1.54) is 0 Å². The van der Waals surface area contributed by atoms with E-state index in [0.717, 1.165) is 22.6 Å². The molecule has 0 aromatic heterocycles. The van der Waals surface area contributed by atoms with E-state index in [0.29, 0.717) is 25.9 Å². The van der Waals surface area contributed by atoms with Gasteiger partial charge in [0.15, 0.2) is 0 Å². The zero-order valence-corrected chi connectivity index (χ0v) is 20.5. The van der Waals surface area contributed by atoms with E-state index in [-0.39, 0.29) is 0 Å². The summed E-state index contributed by atoms with van der Waals surface area (Å²) in [5, 5.41) is 5.51. The van der Waals surface area contributed by atoms with Gasteiger partial charge in [-0.1, -0.05) is 24.3 Å². The molecule has 0 spiro atoms. The van der Waals surface area contributed by atoms with Crippen molar-refractivity contribution in [3.8, 4) is 11.5 Å². The molecule has 2 amide bonds. The number of carbonyl (C=O) groups is 2. The normalized spacial score (nSPS) is 11.5. The molecular formula is C26H36N2O5. The van der Waals surface area contributed by atoms with Crippen molar-refractivity contribution < 1.29 is 23.8 Å². The Morgan fingerprint density at radius 3 is 1.27 bits per heavy atom. The molecule has 7 nitrogen and oxygen atoms in total. The van der Waals surface area contributed by atoms with Gasteiger partial charge in [-0.3, -0.25) is 0 Å². The Labute approximate surface area is 196 Å².